The quantitative estimate of drug-likeness (QED) is 0.210. The van der Waals surface area contributed by atoms with Gasteiger partial charge in [0.15, 0.2) is 11.5 Å². The minimum atomic E-state index is -0.189. The number of ether oxygens (including phenoxy) is 2. The van der Waals surface area contributed by atoms with Crippen molar-refractivity contribution >= 4 is 29.6 Å². The molecule has 1 fully saturated rings. The van der Waals surface area contributed by atoms with Gasteiger partial charge in [0.25, 0.3) is 0 Å². The summed E-state index contributed by atoms with van der Waals surface area (Å²) in [6, 6.07) is 16.5. The maximum Gasteiger partial charge on any atom is 0.221 e. The molecular formula is C35H40N8O3. The van der Waals surface area contributed by atoms with Crippen molar-refractivity contribution in [3.63, 3.8) is 0 Å². The first-order valence-corrected chi connectivity index (χ1v) is 15.4. The highest BCUT2D eigenvalue weighted by Gasteiger charge is 2.33. The van der Waals surface area contributed by atoms with Crippen molar-refractivity contribution < 1.29 is 14.3 Å². The average Bonchev–Trinajstić information content (AvgIpc) is 3.08. The lowest BCUT2D eigenvalue weighted by molar-refractivity contribution is -0.104. The molecule has 0 bridgehead atoms. The van der Waals surface area contributed by atoms with E-state index in [0.29, 0.717) is 30.3 Å². The van der Waals surface area contributed by atoms with Gasteiger partial charge in [0.2, 0.25) is 5.95 Å². The normalized spacial score (nSPS) is 17.0. The Hall–Kier alpha value is -5.16. The Morgan fingerprint density at radius 3 is 2.48 bits per heavy atom. The van der Waals surface area contributed by atoms with Crippen LogP contribution in [0.1, 0.15) is 39.4 Å². The Morgan fingerprint density at radius 2 is 1.78 bits per heavy atom. The second-order valence-electron chi connectivity index (χ2n) is 11.7. The topological polar surface area (TPSA) is 136 Å². The van der Waals surface area contributed by atoms with E-state index >= 15 is 0 Å². The number of allylic oxidation sites excluding steroid dienone is 1. The highest BCUT2D eigenvalue weighted by molar-refractivity contribution is 5.84. The van der Waals surface area contributed by atoms with Crippen LogP contribution in [-0.2, 0) is 17.6 Å². The third-order valence-corrected chi connectivity index (χ3v) is 8.86. The number of piperazine rings is 1. The van der Waals surface area contributed by atoms with Gasteiger partial charge < -0.3 is 35.6 Å². The van der Waals surface area contributed by atoms with Crippen LogP contribution in [0, 0.1) is 0 Å². The molecule has 0 aliphatic carbocycles. The lowest BCUT2D eigenvalue weighted by Crippen LogP contribution is -2.44. The molecule has 4 aromatic rings. The van der Waals surface area contributed by atoms with Crippen LogP contribution in [0.25, 0.3) is 5.70 Å². The number of nitrogens with two attached hydrogens (primary N) is 2. The summed E-state index contributed by atoms with van der Waals surface area (Å²) in [6.07, 6.45) is 7.28. The zero-order valence-electron chi connectivity index (χ0n) is 26.5. The number of methoxy groups -OCH3 is 2. The molecule has 238 valence electrons. The number of aromatic nitrogens is 3. The van der Waals surface area contributed by atoms with Gasteiger partial charge in [-0.3, -0.25) is 4.79 Å². The molecule has 0 spiro atoms. The zero-order valence-corrected chi connectivity index (χ0v) is 26.5. The predicted octanol–water partition coefficient (Wildman–Crippen LogP) is 3.58. The summed E-state index contributed by atoms with van der Waals surface area (Å²) in [4.78, 5) is 32.5. The van der Waals surface area contributed by atoms with E-state index in [0.717, 1.165) is 72.7 Å². The fourth-order valence-corrected chi connectivity index (χ4v) is 6.48. The third-order valence-electron chi connectivity index (χ3n) is 8.86. The van der Waals surface area contributed by atoms with E-state index in [9.17, 15) is 4.79 Å². The minimum absolute atomic E-state index is 0.118. The number of nitrogens with zero attached hydrogens (tertiary/aromatic N) is 6. The highest BCUT2D eigenvalue weighted by Crippen LogP contribution is 2.44. The summed E-state index contributed by atoms with van der Waals surface area (Å²) in [6.45, 7) is 4.58. The first kappa shape index (κ1) is 30.8. The smallest absolute Gasteiger partial charge is 0.221 e. The number of fused-ring (bicyclic) bond motifs is 1. The number of likely N-dealkylation sites (N-methyl/N-ethyl adjacent to an activating group) is 1. The van der Waals surface area contributed by atoms with E-state index < -0.39 is 0 Å². The van der Waals surface area contributed by atoms with Crippen LogP contribution in [0.2, 0.25) is 0 Å². The molecule has 6 rings (SSSR count). The number of carbonyl (C=O) groups excluding carboxylic acids is 1. The molecule has 1 saturated heterocycles. The number of rotatable bonds is 9. The van der Waals surface area contributed by atoms with E-state index in [2.05, 4.69) is 68.1 Å². The Bertz CT molecular complexity index is 1730. The second kappa shape index (κ2) is 13.5. The van der Waals surface area contributed by atoms with Gasteiger partial charge in [0, 0.05) is 68.7 Å². The van der Waals surface area contributed by atoms with Crippen LogP contribution in [-0.4, -0.2) is 85.0 Å². The Labute approximate surface area is 269 Å². The first-order chi connectivity index (χ1) is 22.4. The predicted molar refractivity (Wildman–Crippen MR) is 180 cm³/mol. The fraction of sp³-hybridized carbons (Fsp3) is 0.314. The van der Waals surface area contributed by atoms with Crippen LogP contribution in [0.3, 0.4) is 0 Å². The number of pyridine rings is 1. The van der Waals surface area contributed by atoms with Crippen LogP contribution in [0.15, 0.2) is 67.0 Å². The number of hydrogen-bond acceptors (Lipinski definition) is 11. The van der Waals surface area contributed by atoms with Gasteiger partial charge >= 0.3 is 0 Å². The molecule has 0 amide bonds. The monoisotopic (exact) mass is 620 g/mol. The molecule has 0 radical (unpaired) electrons. The number of aldehydes is 1. The molecule has 2 aromatic heterocycles. The molecule has 2 aromatic carbocycles. The minimum Gasteiger partial charge on any atom is -0.493 e. The Kier molecular flexibility index (Phi) is 9.02. The molecular weight excluding hydrogens is 580 g/mol. The van der Waals surface area contributed by atoms with Gasteiger partial charge in [-0.2, -0.15) is 4.98 Å². The van der Waals surface area contributed by atoms with Crippen molar-refractivity contribution in [2.75, 3.05) is 70.4 Å². The molecule has 4 heterocycles. The summed E-state index contributed by atoms with van der Waals surface area (Å²) in [5, 5.41) is 0. The number of carbonyl (C=O) groups is 1. The number of anilines is 3. The van der Waals surface area contributed by atoms with Gasteiger partial charge in [-0.05, 0) is 53.9 Å². The average molecular weight is 621 g/mol. The van der Waals surface area contributed by atoms with Crippen molar-refractivity contribution in [1.29, 1.82) is 0 Å². The molecule has 4 N–H and O–H groups in total. The standard InChI is InChI=1S/C35H40N8O3/c1-41-13-15-42(16-14-41)31-9-8-25(21-38-31)32-27-7-5-4-6-24(27)10-12-43(32)29(11-17-44)28-19-23(20-30(45-2)33(28)46-3)18-26-22-39-35(37)40-34(26)36/h4-9,11,17,19-22,32H,10,12-16,18H2,1-3H3,(H4,36,37,39,40). The number of hydrogen-bond donors (Lipinski definition) is 2. The molecule has 11 nitrogen and oxygen atoms in total. The fourth-order valence-electron chi connectivity index (χ4n) is 6.48. The van der Waals surface area contributed by atoms with Crippen molar-refractivity contribution in [3.8, 4) is 11.5 Å². The molecule has 1 atom stereocenters. The zero-order chi connectivity index (χ0) is 32.2. The summed E-state index contributed by atoms with van der Waals surface area (Å²) in [5.41, 5.74) is 18.5. The van der Waals surface area contributed by atoms with Crippen LogP contribution in [0.5, 0.6) is 11.5 Å². The maximum absolute atomic E-state index is 12.3. The summed E-state index contributed by atoms with van der Waals surface area (Å²) in [5.74, 6) is 2.47. The molecule has 2 aliphatic heterocycles. The van der Waals surface area contributed by atoms with Crippen LogP contribution < -0.4 is 25.8 Å². The summed E-state index contributed by atoms with van der Waals surface area (Å²) >= 11 is 0. The molecule has 2 aliphatic rings. The van der Waals surface area contributed by atoms with Gasteiger partial charge in [0.05, 0.1) is 26.0 Å². The van der Waals surface area contributed by atoms with Crippen molar-refractivity contribution in [3.05, 3.63) is 100 Å². The van der Waals surface area contributed by atoms with Gasteiger partial charge in [-0.15, -0.1) is 0 Å². The van der Waals surface area contributed by atoms with E-state index in [1.807, 2.05) is 18.3 Å². The number of benzene rings is 2. The lowest BCUT2D eigenvalue weighted by atomic mass is 9.87. The van der Waals surface area contributed by atoms with Crippen LogP contribution >= 0.6 is 0 Å². The third kappa shape index (κ3) is 6.18. The largest absolute Gasteiger partial charge is 0.493 e. The van der Waals surface area contributed by atoms with Gasteiger partial charge in [-0.1, -0.05) is 30.3 Å². The first-order valence-electron chi connectivity index (χ1n) is 15.4. The van der Waals surface area contributed by atoms with E-state index in [4.69, 9.17) is 25.9 Å². The maximum atomic E-state index is 12.3. The SMILES string of the molecule is COc1cc(Cc2cnc(N)nc2N)cc(C(=CC=O)N2CCc3ccccc3C2c2ccc(N3CCN(C)CC3)nc2)c1OC. The van der Waals surface area contributed by atoms with E-state index in [1.54, 1.807) is 26.5 Å². The molecule has 0 saturated carbocycles. The second-order valence-corrected chi connectivity index (χ2v) is 11.7. The van der Waals surface area contributed by atoms with Crippen LogP contribution in [0.4, 0.5) is 17.6 Å². The van der Waals surface area contributed by atoms with E-state index in [1.165, 1.54) is 11.1 Å². The van der Waals surface area contributed by atoms with Crippen molar-refractivity contribution in [2.24, 2.45) is 0 Å². The lowest BCUT2D eigenvalue weighted by Gasteiger charge is -2.41. The van der Waals surface area contributed by atoms with E-state index in [-0.39, 0.29) is 12.0 Å². The Morgan fingerprint density at radius 1 is 0.978 bits per heavy atom. The van der Waals surface area contributed by atoms with Crippen molar-refractivity contribution in [1.82, 2.24) is 24.8 Å². The van der Waals surface area contributed by atoms with Crippen molar-refractivity contribution in [2.45, 2.75) is 18.9 Å². The van der Waals surface area contributed by atoms with Gasteiger partial charge in [0.1, 0.15) is 17.9 Å². The van der Waals surface area contributed by atoms with Gasteiger partial charge in [-0.25, -0.2) is 9.97 Å². The highest BCUT2D eigenvalue weighted by atomic mass is 16.5. The molecule has 11 heteroatoms. The molecule has 1 unspecified atom stereocenters. The summed E-state index contributed by atoms with van der Waals surface area (Å²) in [7, 11) is 5.35. The Balaban J connectivity index is 1.43. The number of nitrogen functional groups attached to an aromatic ring is 2. The summed E-state index contributed by atoms with van der Waals surface area (Å²) < 4.78 is 11.7. The molecule has 46 heavy (non-hydrogen) atoms.